The normalized spacial score (nSPS) is 20.0. The van der Waals surface area contributed by atoms with Gasteiger partial charge in [-0.2, -0.15) is 0 Å². The van der Waals surface area contributed by atoms with Gasteiger partial charge in [0.1, 0.15) is 0 Å². The summed E-state index contributed by atoms with van der Waals surface area (Å²) in [7, 11) is 1.96. The van der Waals surface area contributed by atoms with E-state index in [9.17, 15) is 10.1 Å². The third kappa shape index (κ3) is 3.69. The molecular formula is C14H20ClN3O2. The number of piperidine rings is 1. The molecule has 1 saturated heterocycles. The monoisotopic (exact) mass is 297 g/mol. The van der Waals surface area contributed by atoms with E-state index in [0.717, 1.165) is 25.2 Å². The predicted molar refractivity (Wildman–Crippen MR) is 80.1 cm³/mol. The number of likely N-dealkylation sites (tertiary alicyclic amines) is 1. The zero-order chi connectivity index (χ0) is 14.5. The van der Waals surface area contributed by atoms with Crippen LogP contribution in [0.2, 0.25) is 5.02 Å². The van der Waals surface area contributed by atoms with E-state index in [1.54, 1.807) is 6.07 Å². The van der Waals surface area contributed by atoms with Crippen molar-refractivity contribution in [3.63, 3.8) is 0 Å². The molecular weight excluding hydrogens is 278 g/mol. The minimum atomic E-state index is -0.416. The van der Waals surface area contributed by atoms with Gasteiger partial charge in [0.25, 0.3) is 5.69 Å². The first kappa shape index (κ1) is 15.2. The van der Waals surface area contributed by atoms with Crippen LogP contribution in [0.5, 0.6) is 0 Å². The maximum atomic E-state index is 10.7. The molecule has 0 amide bonds. The van der Waals surface area contributed by atoms with E-state index >= 15 is 0 Å². The molecule has 0 spiro atoms. The van der Waals surface area contributed by atoms with Crippen LogP contribution in [0.1, 0.15) is 24.8 Å². The molecule has 0 saturated carbocycles. The van der Waals surface area contributed by atoms with Gasteiger partial charge in [0.05, 0.1) is 9.95 Å². The summed E-state index contributed by atoms with van der Waals surface area (Å²) in [5, 5.41) is 14.4. The van der Waals surface area contributed by atoms with Crippen LogP contribution in [0.4, 0.5) is 5.69 Å². The molecule has 20 heavy (non-hydrogen) atoms. The van der Waals surface area contributed by atoms with Crippen molar-refractivity contribution < 1.29 is 4.92 Å². The van der Waals surface area contributed by atoms with Crippen LogP contribution in [-0.2, 0) is 6.54 Å². The summed E-state index contributed by atoms with van der Waals surface area (Å²) >= 11 is 6.17. The molecule has 1 aromatic rings. The van der Waals surface area contributed by atoms with E-state index in [0.29, 0.717) is 11.1 Å². The van der Waals surface area contributed by atoms with Crippen molar-refractivity contribution in [1.29, 1.82) is 0 Å². The van der Waals surface area contributed by atoms with Crippen molar-refractivity contribution in [1.82, 2.24) is 10.2 Å². The van der Waals surface area contributed by atoms with Crippen molar-refractivity contribution in [3.8, 4) is 0 Å². The lowest BCUT2D eigenvalue weighted by Gasteiger charge is -2.35. The summed E-state index contributed by atoms with van der Waals surface area (Å²) in [5.74, 6) is 0. The maximum Gasteiger partial charge on any atom is 0.270 e. The number of hydrogen-bond acceptors (Lipinski definition) is 4. The average Bonchev–Trinajstić information content (AvgIpc) is 2.43. The first-order valence-electron chi connectivity index (χ1n) is 6.93. The number of hydrogen-bond donors (Lipinski definition) is 1. The largest absolute Gasteiger partial charge is 0.318 e. The number of nitrogens with zero attached hydrogens (tertiary/aromatic N) is 2. The summed E-state index contributed by atoms with van der Waals surface area (Å²) in [6.07, 6.45) is 3.65. The molecule has 6 heteroatoms. The van der Waals surface area contributed by atoms with Crippen molar-refractivity contribution >= 4 is 17.3 Å². The molecule has 1 aliphatic heterocycles. The van der Waals surface area contributed by atoms with Crippen molar-refractivity contribution in [2.75, 3.05) is 20.1 Å². The van der Waals surface area contributed by atoms with Gasteiger partial charge in [0, 0.05) is 31.3 Å². The van der Waals surface area contributed by atoms with Gasteiger partial charge < -0.3 is 5.32 Å². The van der Waals surface area contributed by atoms with Gasteiger partial charge in [0.2, 0.25) is 0 Å². The van der Waals surface area contributed by atoms with Gasteiger partial charge in [-0.25, -0.2) is 0 Å². The second-order valence-electron chi connectivity index (χ2n) is 5.21. The molecule has 0 aliphatic carbocycles. The van der Waals surface area contributed by atoms with E-state index in [-0.39, 0.29) is 5.69 Å². The minimum Gasteiger partial charge on any atom is -0.318 e. The Labute approximate surface area is 124 Å². The Hall–Kier alpha value is -1.17. The minimum absolute atomic E-state index is 0.0455. The maximum absolute atomic E-state index is 10.7. The highest BCUT2D eigenvalue weighted by molar-refractivity contribution is 6.31. The number of halogens is 1. The van der Waals surface area contributed by atoms with E-state index in [1.165, 1.54) is 31.4 Å². The molecule has 1 aliphatic rings. The van der Waals surface area contributed by atoms with Crippen LogP contribution < -0.4 is 5.32 Å². The van der Waals surface area contributed by atoms with Crippen LogP contribution in [0.25, 0.3) is 0 Å². The fourth-order valence-electron chi connectivity index (χ4n) is 2.73. The molecule has 0 aromatic heterocycles. The standard InChI is InChI=1S/C14H20ClN3O2/c1-16-9-13-4-2-3-7-17(13)10-11-5-6-12(18(19)20)8-14(11)15/h5-6,8,13,16H,2-4,7,9-10H2,1H3. The van der Waals surface area contributed by atoms with E-state index in [1.807, 2.05) is 7.05 Å². The van der Waals surface area contributed by atoms with E-state index < -0.39 is 4.92 Å². The zero-order valence-electron chi connectivity index (χ0n) is 11.6. The van der Waals surface area contributed by atoms with Crippen LogP contribution in [0.3, 0.4) is 0 Å². The third-order valence-electron chi connectivity index (χ3n) is 3.81. The number of nitro groups is 1. The number of nitrogens with one attached hydrogen (secondary N) is 1. The second-order valence-corrected chi connectivity index (χ2v) is 5.62. The Morgan fingerprint density at radius 3 is 2.95 bits per heavy atom. The van der Waals surface area contributed by atoms with Crippen LogP contribution in [-0.4, -0.2) is 36.0 Å². The molecule has 110 valence electrons. The number of likely N-dealkylation sites (N-methyl/N-ethyl adjacent to an activating group) is 1. The van der Waals surface area contributed by atoms with Gasteiger partial charge in [-0.1, -0.05) is 18.0 Å². The summed E-state index contributed by atoms with van der Waals surface area (Å²) in [5.41, 5.74) is 1.00. The zero-order valence-corrected chi connectivity index (χ0v) is 12.4. The second kappa shape index (κ2) is 7.02. The summed E-state index contributed by atoms with van der Waals surface area (Å²) in [6.45, 7) is 2.77. The van der Waals surface area contributed by atoms with Gasteiger partial charge in [-0.05, 0) is 38.1 Å². The molecule has 1 fully saturated rings. The molecule has 1 heterocycles. The highest BCUT2D eigenvalue weighted by Crippen LogP contribution is 2.26. The van der Waals surface area contributed by atoms with Crippen molar-refractivity contribution in [2.45, 2.75) is 31.8 Å². The highest BCUT2D eigenvalue weighted by atomic mass is 35.5. The van der Waals surface area contributed by atoms with Gasteiger partial charge >= 0.3 is 0 Å². The van der Waals surface area contributed by atoms with Gasteiger partial charge in [-0.3, -0.25) is 15.0 Å². The quantitative estimate of drug-likeness (QED) is 0.671. The lowest BCUT2D eigenvalue weighted by Crippen LogP contribution is -2.44. The molecule has 5 nitrogen and oxygen atoms in total. The Morgan fingerprint density at radius 2 is 2.30 bits per heavy atom. The molecule has 0 radical (unpaired) electrons. The Morgan fingerprint density at radius 1 is 1.50 bits per heavy atom. The lowest BCUT2D eigenvalue weighted by atomic mass is 10.0. The number of benzene rings is 1. The molecule has 0 bridgehead atoms. The van der Waals surface area contributed by atoms with Gasteiger partial charge in [0.15, 0.2) is 0 Å². The SMILES string of the molecule is CNCC1CCCCN1Cc1ccc([N+](=O)[O-])cc1Cl. The van der Waals surface area contributed by atoms with Crippen molar-refractivity contribution in [2.24, 2.45) is 0 Å². The predicted octanol–water partition coefficient (Wildman–Crippen LogP) is 2.82. The van der Waals surface area contributed by atoms with Gasteiger partial charge in [-0.15, -0.1) is 0 Å². The molecule has 1 atom stereocenters. The fraction of sp³-hybridized carbons (Fsp3) is 0.571. The van der Waals surface area contributed by atoms with Crippen LogP contribution in [0.15, 0.2) is 18.2 Å². The Bertz CT molecular complexity index is 479. The first-order valence-corrected chi connectivity index (χ1v) is 7.31. The third-order valence-corrected chi connectivity index (χ3v) is 4.16. The molecule has 1 N–H and O–H groups in total. The van der Waals surface area contributed by atoms with Crippen LogP contribution >= 0.6 is 11.6 Å². The number of rotatable bonds is 5. The Kier molecular flexibility index (Phi) is 5.34. The lowest BCUT2D eigenvalue weighted by molar-refractivity contribution is -0.384. The van der Waals surface area contributed by atoms with Crippen LogP contribution in [0, 0.1) is 10.1 Å². The average molecular weight is 298 g/mol. The van der Waals surface area contributed by atoms with Crippen molar-refractivity contribution in [3.05, 3.63) is 38.9 Å². The Balaban J connectivity index is 2.09. The molecule has 1 unspecified atom stereocenters. The summed E-state index contributed by atoms with van der Waals surface area (Å²) in [4.78, 5) is 12.7. The smallest absolute Gasteiger partial charge is 0.270 e. The topological polar surface area (TPSA) is 58.4 Å². The highest BCUT2D eigenvalue weighted by Gasteiger charge is 2.22. The van der Waals surface area contributed by atoms with E-state index in [4.69, 9.17) is 11.6 Å². The van der Waals surface area contributed by atoms with E-state index in [2.05, 4.69) is 10.2 Å². The molecule has 2 rings (SSSR count). The first-order chi connectivity index (χ1) is 9.61. The number of non-ortho nitro benzene ring substituents is 1. The fourth-order valence-corrected chi connectivity index (χ4v) is 2.97. The summed E-state index contributed by atoms with van der Waals surface area (Å²) in [6, 6.07) is 5.25. The molecule has 1 aromatic carbocycles. The number of nitro benzene ring substituents is 1. The summed E-state index contributed by atoms with van der Waals surface area (Å²) < 4.78 is 0.